The number of rotatable bonds is 5. The molecule has 122 valence electrons. The second-order valence-corrected chi connectivity index (χ2v) is 5.43. The molecule has 0 aliphatic rings. The highest BCUT2D eigenvalue weighted by Crippen LogP contribution is 2.15. The molecule has 6 heteroatoms. The van der Waals surface area contributed by atoms with E-state index >= 15 is 0 Å². The van der Waals surface area contributed by atoms with Gasteiger partial charge in [0.15, 0.2) is 6.04 Å². The van der Waals surface area contributed by atoms with Crippen molar-refractivity contribution in [2.45, 2.75) is 25.9 Å². The predicted octanol–water partition coefficient (Wildman–Crippen LogP) is 2.76. The van der Waals surface area contributed by atoms with Crippen LogP contribution in [0.1, 0.15) is 25.5 Å². The summed E-state index contributed by atoms with van der Waals surface area (Å²) in [4.78, 5) is 12.1. The second-order valence-electron chi connectivity index (χ2n) is 5.43. The van der Waals surface area contributed by atoms with Crippen LogP contribution in [0.15, 0.2) is 42.5 Å². The molecule has 3 N–H and O–H groups in total. The molecule has 1 amide bonds. The molecular weight excluding hydrogens is 305 g/mol. The van der Waals surface area contributed by atoms with E-state index in [4.69, 9.17) is 0 Å². The Hall–Kier alpha value is -2.34. The zero-order chi connectivity index (χ0) is 17.0. The van der Waals surface area contributed by atoms with Crippen molar-refractivity contribution in [2.24, 2.45) is 0 Å². The molecule has 2 atom stereocenters. The van der Waals surface area contributed by atoms with E-state index in [9.17, 15) is 18.0 Å². The molecule has 0 aliphatic heterocycles. The molecule has 2 aromatic carbocycles. The van der Waals surface area contributed by atoms with Gasteiger partial charge in [-0.05, 0) is 50.2 Å². The van der Waals surface area contributed by atoms with E-state index in [0.29, 0.717) is 11.3 Å². The van der Waals surface area contributed by atoms with Gasteiger partial charge in [-0.3, -0.25) is 4.79 Å². The van der Waals surface area contributed by atoms with Crippen molar-refractivity contribution in [3.8, 4) is 0 Å². The molecule has 0 aromatic heterocycles. The van der Waals surface area contributed by atoms with Crippen molar-refractivity contribution < 1.29 is 23.3 Å². The van der Waals surface area contributed by atoms with E-state index in [1.54, 1.807) is 19.2 Å². The summed E-state index contributed by atoms with van der Waals surface area (Å²) >= 11 is 0. The Balaban J connectivity index is 1.98. The van der Waals surface area contributed by atoms with Crippen LogP contribution in [0.3, 0.4) is 0 Å². The molecule has 0 saturated carbocycles. The molecule has 0 bridgehead atoms. The molecule has 23 heavy (non-hydrogen) atoms. The number of anilines is 1. The average Bonchev–Trinajstić information content (AvgIpc) is 2.49. The van der Waals surface area contributed by atoms with Gasteiger partial charge in [0, 0.05) is 17.3 Å². The van der Waals surface area contributed by atoms with Gasteiger partial charge in [-0.25, -0.2) is 13.2 Å². The maximum atomic E-state index is 13.7. The lowest BCUT2D eigenvalue weighted by atomic mass is 10.1. The summed E-state index contributed by atoms with van der Waals surface area (Å²) in [7, 11) is 0. The monoisotopic (exact) mass is 323 g/mol. The minimum Gasteiger partial charge on any atom is -0.330 e. The van der Waals surface area contributed by atoms with Gasteiger partial charge >= 0.3 is 0 Å². The molecular formula is C17H18F3N2O+. The highest BCUT2D eigenvalue weighted by atomic mass is 19.1. The average molecular weight is 323 g/mol. The van der Waals surface area contributed by atoms with Crippen LogP contribution < -0.4 is 10.6 Å². The Bertz CT molecular complexity index is 689. The van der Waals surface area contributed by atoms with E-state index in [0.717, 1.165) is 6.07 Å². The van der Waals surface area contributed by atoms with Crippen LogP contribution in [0.4, 0.5) is 18.9 Å². The number of quaternary nitrogens is 1. The number of hydrogen-bond acceptors (Lipinski definition) is 1. The summed E-state index contributed by atoms with van der Waals surface area (Å²) in [5, 5.41) is 4.33. The topological polar surface area (TPSA) is 45.7 Å². The molecule has 3 nitrogen and oxygen atoms in total. The van der Waals surface area contributed by atoms with Gasteiger partial charge in [-0.1, -0.05) is 0 Å². The number of amides is 1. The van der Waals surface area contributed by atoms with Crippen molar-refractivity contribution in [2.75, 3.05) is 5.32 Å². The van der Waals surface area contributed by atoms with E-state index in [2.05, 4.69) is 5.32 Å². The van der Waals surface area contributed by atoms with Gasteiger partial charge < -0.3 is 10.6 Å². The first-order valence-corrected chi connectivity index (χ1v) is 7.23. The molecule has 2 aromatic rings. The molecule has 0 heterocycles. The van der Waals surface area contributed by atoms with E-state index in [1.165, 1.54) is 36.4 Å². The Kier molecular flexibility index (Phi) is 5.39. The normalized spacial score (nSPS) is 13.4. The quantitative estimate of drug-likeness (QED) is 0.873. The minimum atomic E-state index is -0.639. The summed E-state index contributed by atoms with van der Waals surface area (Å²) < 4.78 is 39.5. The molecule has 0 saturated heterocycles. The highest BCUT2D eigenvalue weighted by Gasteiger charge is 2.22. The van der Waals surface area contributed by atoms with Crippen molar-refractivity contribution in [1.29, 1.82) is 0 Å². The number of nitrogens with one attached hydrogen (secondary N) is 1. The summed E-state index contributed by atoms with van der Waals surface area (Å²) in [5.41, 5.74) is 0.810. The van der Waals surface area contributed by atoms with Crippen LogP contribution >= 0.6 is 0 Å². The Labute approximate surface area is 132 Å². The van der Waals surface area contributed by atoms with Crippen LogP contribution in [0.2, 0.25) is 0 Å². The standard InChI is InChI=1S/C17H17F3N2O/c1-10(15-8-5-13(19)9-16(15)20)21-11(2)17(23)22-14-6-3-12(18)4-7-14/h3-11,21H,1-2H3,(H,22,23)/p+1/t10-,11-/m0/s1. The van der Waals surface area contributed by atoms with Crippen LogP contribution in [-0.4, -0.2) is 11.9 Å². The van der Waals surface area contributed by atoms with E-state index in [1.807, 2.05) is 0 Å². The SMILES string of the molecule is C[C@H]([NH2+][C@@H](C)c1ccc(F)cc1F)C(=O)Nc1ccc(F)cc1. The van der Waals surface area contributed by atoms with Gasteiger partial charge in [0.05, 0.1) is 0 Å². The summed E-state index contributed by atoms with van der Waals surface area (Å²) in [6.07, 6.45) is 0. The van der Waals surface area contributed by atoms with Crippen LogP contribution in [0.25, 0.3) is 0 Å². The van der Waals surface area contributed by atoms with Crippen LogP contribution in [0, 0.1) is 17.5 Å². The highest BCUT2D eigenvalue weighted by molar-refractivity contribution is 5.93. The third-order valence-electron chi connectivity index (χ3n) is 3.56. The minimum absolute atomic E-state index is 0.286. The largest absolute Gasteiger partial charge is 0.330 e. The van der Waals surface area contributed by atoms with E-state index in [-0.39, 0.29) is 17.8 Å². The molecule has 0 spiro atoms. The van der Waals surface area contributed by atoms with E-state index < -0.39 is 17.7 Å². The van der Waals surface area contributed by atoms with Crippen molar-refractivity contribution in [1.82, 2.24) is 0 Å². The number of carbonyl (C=O) groups excluding carboxylic acids is 1. The lowest BCUT2D eigenvalue weighted by molar-refractivity contribution is -0.710. The third kappa shape index (κ3) is 4.56. The maximum absolute atomic E-state index is 13.7. The molecule has 2 rings (SSSR count). The fraction of sp³-hybridized carbons (Fsp3) is 0.235. The lowest BCUT2D eigenvalue weighted by Gasteiger charge is -2.17. The van der Waals surface area contributed by atoms with Gasteiger partial charge in [0.25, 0.3) is 5.91 Å². The molecule has 0 fully saturated rings. The first-order chi connectivity index (χ1) is 10.9. The zero-order valence-corrected chi connectivity index (χ0v) is 12.8. The number of nitrogens with two attached hydrogens (primary N) is 1. The molecule has 0 radical (unpaired) electrons. The van der Waals surface area contributed by atoms with Crippen LogP contribution in [-0.2, 0) is 4.79 Å². The summed E-state index contributed by atoms with van der Waals surface area (Å²) in [6, 6.07) is 7.95. The number of carbonyl (C=O) groups is 1. The van der Waals surface area contributed by atoms with Crippen LogP contribution in [0.5, 0.6) is 0 Å². The first kappa shape index (κ1) is 17.0. The zero-order valence-electron chi connectivity index (χ0n) is 12.8. The van der Waals surface area contributed by atoms with Crippen molar-refractivity contribution >= 4 is 11.6 Å². The lowest BCUT2D eigenvalue weighted by Crippen LogP contribution is -2.91. The second kappa shape index (κ2) is 7.28. The third-order valence-corrected chi connectivity index (χ3v) is 3.56. The Morgan fingerprint density at radius 3 is 2.22 bits per heavy atom. The number of hydrogen-bond donors (Lipinski definition) is 2. The van der Waals surface area contributed by atoms with Gasteiger partial charge in [-0.15, -0.1) is 0 Å². The summed E-state index contributed by atoms with van der Waals surface area (Å²) in [6.45, 7) is 3.41. The van der Waals surface area contributed by atoms with Gasteiger partial charge in [0.1, 0.15) is 23.5 Å². The van der Waals surface area contributed by atoms with Gasteiger partial charge in [-0.2, -0.15) is 0 Å². The summed E-state index contributed by atoms with van der Waals surface area (Å²) in [5.74, 6) is -1.95. The van der Waals surface area contributed by atoms with Crippen molar-refractivity contribution in [3.63, 3.8) is 0 Å². The Morgan fingerprint density at radius 2 is 1.61 bits per heavy atom. The smallest absolute Gasteiger partial charge is 0.282 e. The fourth-order valence-corrected chi connectivity index (χ4v) is 2.28. The first-order valence-electron chi connectivity index (χ1n) is 7.23. The predicted molar refractivity (Wildman–Crippen MR) is 81.2 cm³/mol. The van der Waals surface area contributed by atoms with Crippen molar-refractivity contribution in [3.05, 3.63) is 65.5 Å². The number of benzene rings is 2. The Morgan fingerprint density at radius 1 is 1.00 bits per heavy atom. The van der Waals surface area contributed by atoms with Gasteiger partial charge in [0.2, 0.25) is 0 Å². The number of halogens is 3. The molecule has 0 unspecified atom stereocenters. The molecule has 0 aliphatic carbocycles. The fourth-order valence-electron chi connectivity index (χ4n) is 2.28. The maximum Gasteiger partial charge on any atom is 0.282 e.